The fraction of sp³-hybridized carbons (Fsp3) is 0.353. The predicted molar refractivity (Wildman–Crippen MR) is 76.1 cm³/mol. The van der Waals surface area contributed by atoms with E-state index < -0.39 is 6.10 Å². The molecule has 2 nitrogen and oxygen atoms in total. The first-order chi connectivity index (χ1) is 9.22. The zero-order chi connectivity index (χ0) is 13.2. The monoisotopic (exact) mass is 253 g/mol. The van der Waals surface area contributed by atoms with Gasteiger partial charge in [-0.2, -0.15) is 0 Å². The average Bonchev–Trinajstić information content (AvgIpc) is 2.88. The molecule has 1 aliphatic carbocycles. The van der Waals surface area contributed by atoms with E-state index in [-0.39, 0.29) is 0 Å². The largest absolute Gasteiger partial charge is 0.388 e. The van der Waals surface area contributed by atoms with Crippen LogP contribution in [0.25, 0.3) is 0 Å². The predicted octanol–water partition coefficient (Wildman–Crippen LogP) is 3.15. The van der Waals surface area contributed by atoms with Crippen LogP contribution in [0.3, 0.4) is 0 Å². The number of hydrogen-bond acceptors (Lipinski definition) is 2. The van der Waals surface area contributed by atoms with Crippen LogP contribution in [-0.2, 0) is 19.3 Å². The maximum Gasteiger partial charge on any atom is 0.0845 e. The molecule has 0 spiro atoms. The molecule has 3 rings (SSSR count). The van der Waals surface area contributed by atoms with Crippen LogP contribution in [0.1, 0.15) is 40.5 Å². The van der Waals surface area contributed by atoms with Crippen LogP contribution in [0.2, 0.25) is 0 Å². The molecule has 2 aromatic rings. The summed E-state index contributed by atoms with van der Waals surface area (Å²) in [6, 6.07) is 10.4. The van der Waals surface area contributed by atoms with Crippen molar-refractivity contribution in [2.75, 3.05) is 0 Å². The molecular weight excluding hydrogens is 234 g/mol. The highest BCUT2D eigenvalue weighted by atomic mass is 16.3. The minimum Gasteiger partial charge on any atom is -0.388 e. The van der Waals surface area contributed by atoms with Gasteiger partial charge in [0, 0.05) is 18.3 Å². The number of aliphatic hydroxyl groups is 1. The third-order valence-corrected chi connectivity index (χ3v) is 3.88. The third-order valence-electron chi connectivity index (χ3n) is 3.88. The van der Waals surface area contributed by atoms with Crippen molar-refractivity contribution in [3.05, 3.63) is 64.5 Å². The molecule has 1 heterocycles. The van der Waals surface area contributed by atoms with Crippen molar-refractivity contribution in [3.8, 4) is 0 Å². The van der Waals surface area contributed by atoms with Crippen LogP contribution in [0.5, 0.6) is 0 Å². The molecule has 0 fully saturated rings. The van der Waals surface area contributed by atoms with Gasteiger partial charge in [-0.05, 0) is 54.5 Å². The normalized spacial score (nSPS) is 15.3. The minimum atomic E-state index is -0.457. The van der Waals surface area contributed by atoms with E-state index in [0.29, 0.717) is 6.42 Å². The smallest absolute Gasteiger partial charge is 0.0845 e. The van der Waals surface area contributed by atoms with Crippen LogP contribution < -0.4 is 0 Å². The fourth-order valence-electron chi connectivity index (χ4n) is 2.73. The number of aromatic nitrogens is 1. The molecule has 0 bridgehead atoms. The average molecular weight is 253 g/mol. The molecule has 1 N–H and O–H groups in total. The van der Waals surface area contributed by atoms with Gasteiger partial charge in [-0.3, -0.25) is 4.98 Å². The Labute approximate surface area is 114 Å². The SMILES string of the molecule is Cc1ccc(CC(O)c2ccc3c(c2)CCC3)nc1. The molecule has 98 valence electrons. The van der Waals surface area contributed by atoms with Gasteiger partial charge >= 0.3 is 0 Å². The van der Waals surface area contributed by atoms with Crippen molar-refractivity contribution in [3.63, 3.8) is 0 Å². The van der Waals surface area contributed by atoms with Crippen LogP contribution >= 0.6 is 0 Å². The van der Waals surface area contributed by atoms with E-state index in [1.807, 2.05) is 25.3 Å². The Kier molecular flexibility index (Phi) is 3.34. The molecule has 0 radical (unpaired) electrons. The molecule has 1 atom stereocenters. The van der Waals surface area contributed by atoms with E-state index in [0.717, 1.165) is 23.2 Å². The number of rotatable bonds is 3. The summed E-state index contributed by atoms with van der Waals surface area (Å²) in [5.74, 6) is 0. The lowest BCUT2D eigenvalue weighted by Crippen LogP contribution is -2.04. The summed E-state index contributed by atoms with van der Waals surface area (Å²) in [7, 11) is 0. The van der Waals surface area contributed by atoms with Gasteiger partial charge in [0.05, 0.1) is 6.10 Å². The van der Waals surface area contributed by atoms with E-state index in [2.05, 4.69) is 23.2 Å². The van der Waals surface area contributed by atoms with Crippen molar-refractivity contribution in [1.29, 1.82) is 0 Å². The van der Waals surface area contributed by atoms with Gasteiger partial charge in [-0.25, -0.2) is 0 Å². The molecule has 0 saturated heterocycles. The molecule has 0 aliphatic heterocycles. The Hall–Kier alpha value is -1.67. The van der Waals surface area contributed by atoms with Gasteiger partial charge in [0.15, 0.2) is 0 Å². The molecule has 1 aliphatic rings. The highest BCUT2D eigenvalue weighted by Gasteiger charge is 2.15. The van der Waals surface area contributed by atoms with Crippen molar-refractivity contribution in [1.82, 2.24) is 4.98 Å². The summed E-state index contributed by atoms with van der Waals surface area (Å²) in [4.78, 5) is 4.36. The van der Waals surface area contributed by atoms with Crippen molar-refractivity contribution < 1.29 is 5.11 Å². The van der Waals surface area contributed by atoms with Gasteiger partial charge in [-0.15, -0.1) is 0 Å². The second-order valence-corrected chi connectivity index (χ2v) is 5.43. The first-order valence-corrected chi connectivity index (χ1v) is 6.93. The lowest BCUT2D eigenvalue weighted by atomic mass is 10.00. The molecule has 0 saturated carbocycles. The summed E-state index contributed by atoms with van der Waals surface area (Å²) >= 11 is 0. The summed E-state index contributed by atoms with van der Waals surface area (Å²) < 4.78 is 0. The van der Waals surface area contributed by atoms with Gasteiger partial charge < -0.3 is 5.11 Å². The van der Waals surface area contributed by atoms with Crippen LogP contribution in [0.15, 0.2) is 36.5 Å². The highest BCUT2D eigenvalue weighted by Crippen LogP contribution is 2.26. The zero-order valence-electron chi connectivity index (χ0n) is 11.3. The van der Waals surface area contributed by atoms with Gasteiger partial charge in [0.2, 0.25) is 0 Å². The van der Waals surface area contributed by atoms with Gasteiger partial charge in [0.25, 0.3) is 0 Å². The molecule has 1 aromatic carbocycles. The van der Waals surface area contributed by atoms with E-state index in [1.54, 1.807) is 0 Å². The molecule has 19 heavy (non-hydrogen) atoms. The topological polar surface area (TPSA) is 33.1 Å². The Balaban J connectivity index is 1.76. The lowest BCUT2D eigenvalue weighted by molar-refractivity contribution is 0.177. The number of nitrogens with zero attached hydrogens (tertiary/aromatic N) is 1. The fourth-order valence-corrected chi connectivity index (χ4v) is 2.73. The quantitative estimate of drug-likeness (QED) is 0.911. The highest BCUT2D eigenvalue weighted by molar-refractivity contribution is 5.36. The Morgan fingerprint density at radius 3 is 2.79 bits per heavy atom. The Bertz CT molecular complexity index is 574. The van der Waals surface area contributed by atoms with Crippen LogP contribution in [0.4, 0.5) is 0 Å². The number of fused-ring (bicyclic) bond motifs is 1. The molecule has 1 unspecified atom stereocenters. The first kappa shape index (κ1) is 12.4. The first-order valence-electron chi connectivity index (χ1n) is 6.93. The van der Waals surface area contributed by atoms with Crippen LogP contribution in [-0.4, -0.2) is 10.1 Å². The van der Waals surface area contributed by atoms with Crippen LogP contribution in [0, 0.1) is 6.92 Å². The van der Waals surface area contributed by atoms with Gasteiger partial charge in [0.1, 0.15) is 0 Å². The third kappa shape index (κ3) is 2.69. The number of hydrogen-bond donors (Lipinski definition) is 1. The molecular formula is C17H19NO. The second-order valence-electron chi connectivity index (χ2n) is 5.43. The van der Waals surface area contributed by atoms with Crippen molar-refractivity contribution in [2.45, 2.75) is 38.7 Å². The molecule has 0 amide bonds. The van der Waals surface area contributed by atoms with Crippen molar-refractivity contribution in [2.24, 2.45) is 0 Å². The summed E-state index contributed by atoms with van der Waals surface area (Å²) in [6.45, 7) is 2.02. The number of benzene rings is 1. The lowest BCUT2D eigenvalue weighted by Gasteiger charge is -2.12. The summed E-state index contributed by atoms with van der Waals surface area (Å²) in [6.07, 6.45) is 5.56. The summed E-state index contributed by atoms with van der Waals surface area (Å²) in [5, 5.41) is 10.3. The Morgan fingerprint density at radius 2 is 2.00 bits per heavy atom. The van der Waals surface area contributed by atoms with E-state index in [4.69, 9.17) is 0 Å². The van der Waals surface area contributed by atoms with Gasteiger partial charge in [-0.1, -0.05) is 24.3 Å². The molecule has 2 heteroatoms. The maximum atomic E-state index is 10.3. The summed E-state index contributed by atoms with van der Waals surface area (Å²) in [5.41, 5.74) is 5.97. The standard InChI is InChI=1S/C17H19NO/c1-12-5-8-16(18-11-12)10-17(19)15-7-6-13-3-2-4-14(13)9-15/h5-9,11,17,19H,2-4,10H2,1H3. The van der Waals surface area contributed by atoms with Crippen molar-refractivity contribution >= 4 is 0 Å². The maximum absolute atomic E-state index is 10.3. The number of aliphatic hydroxyl groups excluding tert-OH is 1. The minimum absolute atomic E-state index is 0.457. The van der Waals surface area contributed by atoms with E-state index in [9.17, 15) is 5.11 Å². The Morgan fingerprint density at radius 1 is 1.16 bits per heavy atom. The second kappa shape index (κ2) is 5.14. The number of pyridine rings is 1. The van der Waals surface area contributed by atoms with E-state index in [1.165, 1.54) is 24.0 Å². The van der Waals surface area contributed by atoms with E-state index >= 15 is 0 Å². The zero-order valence-corrected chi connectivity index (χ0v) is 11.3. The molecule has 1 aromatic heterocycles. The number of aryl methyl sites for hydroxylation is 3.